The van der Waals surface area contributed by atoms with Gasteiger partial charge in [0.1, 0.15) is 0 Å². The van der Waals surface area contributed by atoms with Gasteiger partial charge in [-0.2, -0.15) is 5.10 Å². The highest BCUT2D eigenvalue weighted by Gasteiger charge is 2.30. The van der Waals surface area contributed by atoms with Gasteiger partial charge in [-0.15, -0.1) is 0 Å². The molecule has 1 unspecified atom stereocenters. The van der Waals surface area contributed by atoms with Gasteiger partial charge in [-0.05, 0) is 77.4 Å². The molecule has 216 valence electrons. The number of benzene rings is 5. The highest BCUT2D eigenvalue weighted by molar-refractivity contribution is 7.99. The van der Waals surface area contributed by atoms with Crippen LogP contribution in [0.2, 0.25) is 0 Å². The number of nitro benzene ring substituents is 2. The van der Waals surface area contributed by atoms with E-state index >= 15 is 0 Å². The lowest BCUT2D eigenvalue weighted by Crippen LogP contribution is -2.18. The molecule has 1 aliphatic rings. The fourth-order valence-electron chi connectivity index (χ4n) is 4.86. The van der Waals surface area contributed by atoms with Crippen LogP contribution < -0.4 is 5.01 Å². The molecule has 0 saturated heterocycles. The summed E-state index contributed by atoms with van der Waals surface area (Å²) in [5.74, 6) is 0. The van der Waals surface area contributed by atoms with Crippen LogP contribution in [0.15, 0.2) is 147 Å². The topological polar surface area (TPSA) is 114 Å². The third kappa shape index (κ3) is 6.55. The van der Waals surface area contributed by atoms with E-state index < -0.39 is 4.92 Å². The van der Waals surface area contributed by atoms with Crippen LogP contribution in [0.5, 0.6) is 0 Å². The highest BCUT2D eigenvalue weighted by Crippen LogP contribution is 2.38. The summed E-state index contributed by atoms with van der Waals surface area (Å²) >= 11 is 1.64. The molecular formula is C34H25N5O4S. The lowest BCUT2D eigenvalue weighted by atomic mass is 9.98. The molecule has 0 fully saturated rings. The van der Waals surface area contributed by atoms with Crippen molar-refractivity contribution in [3.63, 3.8) is 0 Å². The van der Waals surface area contributed by atoms with Gasteiger partial charge in [-0.1, -0.05) is 54.2 Å². The molecule has 1 atom stereocenters. The molecule has 5 aromatic rings. The van der Waals surface area contributed by atoms with Crippen molar-refractivity contribution in [2.75, 3.05) is 5.01 Å². The van der Waals surface area contributed by atoms with Crippen LogP contribution in [0.25, 0.3) is 0 Å². The largest absolute Gasteiger partial charge is 0.269 e. The van der Waals surface area contributed by atoms with E-state index in [1.807, 2.05) is 71.7 Å². The maximum absolute atomic E-state index is 11.2. The zero-order valence-electron chi connectivity index (χ0n) is 23.3. The van der Waals surface area contributed by atoms with Crippen LogP contribution in [0.1, 0.15) is 29.2 Å². The van der Waals surface area contributed by atoms with Gasteiger partial charge in [0.15, 0.2) is 0 Å². The average Bonchev–Trinajstić information content (AvgIpc) is 3.51. The predicted octanol–water partition coefficient (Wildman–Crippen LogP) is 8.76. The van der Waals surface area contributed by atoms with E-state index in [4.69, 9.17) is 5.10 Å². The van der Waals surface area contributed by atoms with E-state index in [1.54, 1.807) is 42.2 Å². The number of nitrogens with zero attached hydrogens (tertiary/aromatic N) is 5. The second-order valence-electron chi connectivity index (χ2n) is 10.0. The maximum Gasteiger partial charge on any atom is 0.269 e. The Hall–Kier alpha value is -5.61. The molecule has 0 amide bonds. The molecule has 0 N–H and O–H groups in total. The minimum atomic E-state index is -0.424. The first kappa shape index (κ1) is 28.5. The van der Waals surface area contributed by atoms with Gasteiger partial charge in [0.2, 0.25) is 0 Å². The highest BCUT2D eigenvalue weighted by atomic mass is 32.2. The Bertz CT molecular complexity index is 1840. The zero-order valence-corrected chi connectivity index (χ0v) is 24.1. The van der Waals surface area contributed by atoms with Crippen molar-refractivity contribution in [2.45, 2.75) is 22.3 Å². The number of nitro groups is 2. The summed E-state index contributed by atoms with van der Waals surface area (Å²) in [5.41, 5.74) is 5.58. The minimum absolute atomic E-state index is 0.0494. The monoisotopic (exact) mass is 599 g/mol. The Morgan fingerprint density at radius 1 is 0.727 bits per heavy atom. The van der Waals surface area contributed by atoms with Crippen LogP contribution in [-0.2, 0) is 0 Å². The summed E-state index contributed by atoms with van der Waals surface area (Å²) in [4.78, 5) is 27.8. The number of hydrogen-bond donors (Lipinski definition) is 0. The zero-order chi connectivity index (χ0) is 30.5. The number of aliphatic imine (C=N–C) groups is 1. The standard InChI is InChI=1S/C34H25N5O4S/c40-38(41)29-14-6-24(7-15-29)23-35-27-12-20-32(21-13-27)44-31-18-10-25(11-19-31)33-22-34(26-8-16-30(17-9-26)39(42)43)37(36-33)28-4-2-1-3-5-28/h1-21,23,34H,22H2. The van der Waals surface area contributed by atoms with Gasteiger partial charge in [-0.25, -0.2) is 0 Å². The molecular weight excluding hydrogens is 574 g/mol. The van der Waals surface area contributed by atoms with Gasteiger partial charge in [-0.3, -0.25) is 30.2 Å². The van der Waals surface area contributed by atoms with Crippen molar-refractivity contribution in [3.8, 4) is 0 Å². The molecule has 0 spiro atoms. The van der Waals surface area contributed by atoms with Crippen LogP contribution in [0.3, 0.4) is 0 Å². The molecule has 0 aromatic heterocycles. The number of para-hydroxylation sites is 1. The predicted molar refractivity (Wildman–Crippen MR) is 173 cm³/mol. The quantitative estimate of drug-likeness (QED) is 0.0950. The first-order valence-electron chi connectivity index (χ1n) is 13.8. The van der Waals surface area contributed by atoms with E-state index in [0.717, 1.165) is 43.6 Å². The van der Waals surface area contributed by atoms with Gasteiger partial charge >= 0.3 is 0 Å². The Balaban J connectivity index is 1.14. The van der Waals surface area contributed by atoms with Gasteiger partial charge < -0.3 is 0 Å². The second kappa shape index (κ2) is 12.7. The van der Waals surface area contributed by atoms with Gasteiger partial charge in [0, 0.05) is 46.7 Å². The molecule has 6 rings (SSSR count). The number of anilines is 1. The second-order valence-corrected chi connectivity index (χ2v) is 11.2. The van der Waals surface area contributed by atoms with Gasteiger partial charge in [0.25, 0.3) is 11.4 Å². The molecule has 44 heavy (non-hydrogen) atoms. The van der Waals surface area contributed by atoms with Crippen LogP contribution in [-0.4, -0.2) is 21.8 Å². The van der Waals surface area contributed by atoms with Crippen LogP contribution >= 0.6 is 11.8 Å². The Kier molecular flexibility index (Phi) is 8.24. The van der Waals surface area contributed by atoms with E-state index in [9.17, 15) is 20.2 Å². The first-order valence-corrected chi connectivity index (χ1v) is 14.6. The molecule has 0 bridgehead atoms. The minimum Gasteiger partial charge on any atom is -0.258 e. The third-order valence-corrected chi connectivity index (χ3v) is 8.16. The van der Waals surface area contributed by atoms with Crippen molar-refractivity contribution in [1.29, 1.82) is 0 Å². The summed E-state index contributed by atoms with van der Waals surface area (Å²) in [6.45, 7) is 0. The van der Waals surface area contributed by atoms with Crippen LogP contribution in [0, 0.1) is 20.2 Å². The van der Waals surface area contributed by atoms with E-state index in [-0.39, 0.29) is 22.3 Å². The number of non-ortho nitro benzene ring substituents is 2. The third-order valence-electron chi connectivity index (χ3n) is 7.15. The molecule has 1 aliphatic heterocycles. The normalized spacial score (nSPS) is 14.5. The summed E-state index contributed by atoms with van der Waals surface area (Å²) < 4.78 is 0. The molecule has 0 aliphatic carbocycles. The van der Waals surface area contributed by atoms with Crippen molar-refractivity contribution >= 4 is 46.4 Å². The first-order chi connectivity index (χ1) is 21.4. The molecule has 1 heterocycles. The lowest BCUT2D eigenvalue weighted by molar-refractivity contribution is -0.385. The number of hydrogen-bond acceptors (Lipinski definition) is 8. The van der Waals surface area contributed by atoms with E-state index in [2.05, 4.69) is 29.3 Å². The molecule has 9 nitrogen and oxygen atoms in total. The summed E-state index contributed by atoms with van der Waals surface area (Å²) in [6, 6.07) is 39.0. The van der Waals surface area contributed by atoms with Crippen LogP contribution in [0.4, 0.5) is 22.7 Å². The molecule has 0 saturated carbocycles. The van der Waals surface area contributed by atoms with Crippen molar-refractivity contribution in [2.24, 2.45) is 10.1 Å². The maximum atomic E-state index is 11.2. The Morgan fingerprint density at radius 2 is 1.30 bits per heavy atom. The summed E-state index contributed by atoms with van der Waals surface area (Å²) in [7, 11) is 0. The molecule has 10 heteroatoms. The number of rotatable bonds is 9. The Labute approximate surface area is 257 Å². The lowest BCUT2D eigenvalue weighted by Gasteiger charge is -2.23. The van der Waals surface area contributed by atoms with Crippen molar-refractivity contribution in [3.05, 3.63) is 164 Å². The average molecular weight is 600 g/mol. The number of hydrazone groups is 1. The summed E-state index contributed by atoms with van der Waals surface area (Å²) in [5, 5.41) is 29.0. The van der Waals surface area contributed by atoms with Crippen molar-refractivity contribution in [1.82, 2.24) is 0 Å². The van der Waals surface area contributed by atoms with E-state index in [0.29, 0.717) is 6.42 Å². The van der Waals surface area contributed by atoms with Gasteiger partial charge in [0.05, 0.1) is 33.0 Å². The molecule has 5 aromatic carbocycles. The fraction of sp³-hybridized carbons (Fsp3) is 0.0588. The summed E-state index contributed by atoms with van der Waals surface area (Å²) in [6.07, 6.45) is 2.35. The SMILES string of the molecule is O=[N+]([O-])c1ccc(C=Nc2ccc(Sc3ccc(C4=NN(c5ccccc5)C(c5ccc([N+](=O)[O-])cc5)C4)cc3)cc2)cc1. The van der Waals surface area contributed by atoms with E-state index in [1.165, 1.54) is 12.1 Å². The van der Waals surface area contributed by atoms with Crippen molar-refractivity contribution < 1.29 is 9.85 Å². The smallest absolute Gasteiger partial charge is 0.258 e. The fourth-order valence-corrected chi connectivity index (χ4v) is 5.68. The molecule has 0 radical (unpaired) electrons. The Morgan fingerprint density at radius 3 is 1.89 bits per heavy atom.